The summed E-state index contributed by atoms with van der Waals surface area (Å²) in [7, 11) is 1.55. The van der Waals surface area contributed by atoms with Gasteiger partial charge in [-0.2, -0.15) is 0 Å². The molecule has 0 aliphatic carbocycles. The number of rotatable bonds is 7. The normalized spacial score (nSPS) is 10.6. The van der Waals surface area contributed by atoms with Crippen molar-refractivity contribution >= 4 is 28.3 Å². The van der Waals surface area contributed by atoms with Crippen LogP contribution in [-0.4, -0.2) is 24.5 Å². The predicted molar refractivity (Wildman–Crippen MR) is 99.4 cm³/mol. The lowest BCUT2D eigenvalue weighted by molar-refractivity contribution is -0.384. The Labute approximate surface area is 154 Å². The number of anilines is 1. The van der Waals surface area contributed by atoms with E-state index in [9.17, 15) is 14.9 Å². The SMILES string of the molecule is CCOc1ccc(NC(=O)Cc2coc3ccc(OC)cc23)c([N+](=O)[O-])c1. The van der Waals surface area contributed by atoms with Crippen molar-refractivity contribution in [1.82, 2.24) is 0 Å². The Kier molecular flexibility index (Phi) is 5.25. The number of furan rings is 1. The zero-order valence-electron chi connectivity index (χ0n) is 14.9. The van der Waals surface area contributed by atoms with Gasteiger partial charge in [0.2, 0.25) is 5.91 Å². The maximum Gasteiger partial charge on any atom is 0.296 e. The molecular weight excluding hydrogens is 352 g/mol. The van der Waals surface area contributed by atoms with Crippen LogP contribution < -0.4 is 14.8 Å². The van der Waals surface area contributed by atoms with Gasteiger partial charge in [0, 0.05) is 10.9 Å². The lowest BCUT2D eigenvalue weighted by atomic mass is 10.1. The maximum atomic E-state index is 12.4. The zero-order valence-corrected chi connectivity index (χ0v) is 14.9. The largest absolute Gasteiger partial charge is 0.497 e. The molecule has 3 rings (SSSR count). The number of carbonyl (C=O) groups excluding carboxylic acids is 1. The minimum Gasteiger partial charge on any atom is -0.497 e. The van der Waals surface area contributed by atoms with Crippen LogP contribution in [0.4, 0.5) is 11.4 Å². The van der Waals surface area contributed by atoms with Gasteiger partial charge in [0.1, 0.15) is 22.8 Å². The van der Waals surface area contributed by atoms with Gasteiger partial charge in [-0.15, -0.1) is 0 Å². The van der Waals surface area contributed by atoms with E-state index in [0.717, 1.165) is 5.39 Å². The van der Waals surface area contributed by atoms with Crippen LogP contribution in [-0.2, 0) is 11.2 Å². The fourth-order valence-corrected chi connectivity index (χ4v) is 2.72. The van der Waals surface area contributed by atoms with Crippen molar-refractivity contribution in [1.29, 1.82) is 0 Å². The lowest BCUT2D eigenvalue weighted by Crippen LogP contribution is -2.15. The van der Waals surface area contributed by atoms with Gasteiger partial charge in [-0.1, -0.05) is 0 Å². The lowest BCUT2D eigenvalue weighted by Gasteiger charge is -2.08. The number of nitro benzene ring substituents is 1. The summed E-state index contributed by atoms with van der Waals surface area (Å²) < 4.78 is 15.9. The molecule has 2 aromatic carbocycles. The summed E-state index contributed by atoms with van der Waals surface area (Å²) >= 11 is 0. The van der Waals surface area contributed by atoms with Crippen LogP contribution in [0.25, 0.3) is 11.0 Å². The number of nitrogens with zero attached hydrogens (tertiary/aromatic N) is 1. The number of methoxy groups -OCH3 is 1. The third-order valence-corrected chi connectivity index (χ3v) is 3.96. The predicted octanol–water partition coefficient (Wildman–Crippen LogP) is 3.93. The molecule has 0 aliphatic rings. The molecule has 140 valence electrons. The van der Waals surface area contributed by atoms with Crippen molar-refractivity contribution < 1.29 is 23.6 Å². The number of benzene rings is 2. The highest BCUT2D eigenvalue weighted by molar-refractivity contribution is 5.97. The summed E-state index contributed by atoms with van der Waals surface area (Å²) in [6.45, 7) is 2.17. The molecule has 0 bridgehead atoms. The molecule has 0 radical (unpaired) electrons. The Morgan fingerprint density at radius 1 is 1.22 bits per heavy atom. The Morgan fingerprint density at radius 2 is 2.00 bits per heavy atom. The van der Waals surface area contributed by atoms with E-state index < -0.39 is 10.8 Å². The van der Waals surface area contributed by atoms with Crippen molar-refractivity contribution in [3.8, 4) is 11.5 Å². The first-order chi connectivity index (χ1) is 13.0. The van der Waals surface area contributed by atoms with Gasteiger partial charge >= 0.3 is 0 Å². The molecule has 0 aliphatic heterocycles. The van der Waals surface area contributed by atoms with Gasteiger partial charge in [0.05, 0.1) is 37.4 Å². The Hall–Kier alpha value is -3.55. The van der Waals surface area contributed by atoms with Crippen molar-refractivity contribution in [3.05, 3.63) is 58.3 Å². The van der Waals surface area contributed by atoms with Gasteiger partial charge in [-0.25, -0.2) is 0 Å². The summed E-state index contributed by atoms with van der Waals surface area (Å²) in [6, 6.07) is 9.62. The minimum absolute atomic E-state index is 0.00450. The smallest absolute Gasteiger partial charge is 0.296 e. The first-order valence-corrected chi connectivity index (χ1v) is 8.27. The highest BCUT2D eigenvalue weighted by Gasteiger charge is 2.18. The van der Waals surface area contributed by atoms with E-state index in [4.69, 9.17) is 13.9 Å². The monoisotopic (exact) mass is 370 g/mol. The van der Waals surface area contributed by atoms with Crippen LogP contribution in [0.3, 0.4) is 0 Å². The second kappa shape index (κ2) is 7.77. The van der Waals surface area contributed by atoms with Crippen LogP contribution >= 0.6 is 0 Å². The molecular formula is C19H18N2O6. The maximum absolute atomic E-state index is 12.4. The van der Waals surface area contributed by atoms with E-state index in [-0.39, 0.29) is 17.8 Å². The van der Waals surface area contributed by atoms with Crippen LogP contribution in [0.1, 0.15) is 12.5 Å². The molecule has 0 atom stereocenters. The molecule has 8 nitrogen and oxygen atoms in total. The van der Waals surface area contributed by atoms with E-state index in [1.54, 1.807) is 38.3 Å². The van der Waals surface area contributed by atoms with Crippen LogP contribution in [0, 0.1) is 10.1 Å². The average molecular weight is 370 g/mol. The molecule has 1 heterocycles. The standard InChI is InChI=1S/C19H18N2O6/c1-3-26-14-4-6-16(17(10-14)21(23)24)20-19(22)8-12-11-27-18-7-5-13(25-2)9-15(12)18/h4-7,9-11H,3,8H2,1-2H3,(H,20,22). The molecule has 0 fully saturated rings. The Bertz CT molecular complexity index is 995. The Morgan fingerprint density at radius 3 is 2.70 bits per heavy atom. The third kappa shape index (κ3) is 4.00. The number of nitro groups is 1. The van der Waals surface area contributed by atoms with Crippen molar-refractivity contribution in [2.24, 2.45) is 0 Å². The van der Waals surface area contributed by atoms with E-state index in [2.05, 4.69) is 5.32 Å². The van der Waals surface area contributed by atoms with Crippen LogP contribution in [0.15, 0.2) is 47.1 Å². The number of carbonyl (C=O) groups is 1. The number of nitrogens with one attached hydrogen (secondary N) is 1. The summed E-state index contributed by atoms with van der Waals surface area (Å²) in [5.74, 6) is 0.621. The molecule has 0 unspecified atom stereocenters. The summed E-state index contributed by atoms with van der Waals surface area (Å²) in [5, 5.41) is 14.6. The number of amides is 1. The molecule has 0 saturated heterocycles. The van der Waals surface area contributed by atoms with E-state index in [0.29, 0.717) is 29.3 Å². The highest BCUT2D eigenvalue weighted by atomic mass is 16.6. The van der Waals surface area contributed by atoms with Crippen molar-refractivity contribution in [2.45, 2.75) is 13.3 Å². The van der Waals surface area contributed by atoms with Gasteiger partial charge in [-0.05, 0) is 37.3 Å². The van der Waals surface area contributed by atoms with E-state index in [1.807, 2.05) is 0 Å². The molecule has 0 spiro atoms. The topological polar surface area (TPSA) is 104 Å². The van der Waals surface area contributed by atoms with Gasteiger partial charge in [-0.3, -0.25) is 14.9 Å². The van der Waals surface area contributed by atoms with Crippen LogP contribution in [0.5, 0.6) is 11.5 Å². The Balaban J connectivity index is 1.81. The van der Waals surface area contributed by atoms with Gasteiger partial charge in [0.15, 0.2) is 0 Å². The second-order valence-electron chi connectivity index (χ2n) is 5.72. The molecule has 1 aromatic heterocycles. The van der Waals surface area contributed by atoms with Gasteiger partial charge in [0.25, 0.3) is 5.69 Å². The van der Waals surface area contributed by atoms with E-state index in [1.165, 1.54) is 18.4 Å². The molecule has 3 aromatic rings. The molecule has 1 amide bonds. The highest BCUT2D eigenvalue weighted by Crippen LogP contribution is 2.30. The minimum atomic E-state index is -0.559. The first-order valence-electron chi connectivity index (χ1n) is 8.27. The molecule has 1 N–H and O–H groups in total. The van der Waals surface area contributed by atoms with Crippen molar-refractivity contribution in [2.75, 3.05) is 19.0 Å². The number of hydrogen-bond acceptors (Lipinski definition) is 6. The first kappa shape index (κ1) is 18.2. The molecule has 8 heteroatoms. The summed E-state index contributed by atoms with van der Waals surface area (Å²) in [4.78, 5) is 23.2. The third-order valence-electron chi connectivity index (χ3n) is 3.96. The number of hydrogen-bond donors (Lipinski definition) is 1. The molecule has 27 heavy (non-hydrogen) atoms. The average Bonchev–Trinajstić information content (AvgIpc) is 3.04. The van der Waals surface area contributed by atoms with Gasteiger partial charge < -0.3 is 19.2 Å². The van der Waals surface area contributed by atoms with Crippen molar-refractivity contribution in [3.63, 3.8) is 0 Å². The number of fused-ring (bicyclic) bond motifs is 1. The fourth-order valence-electron chi connectivity index (χ4n) is 2.72. The second-order valence-corrected chi connectivity index (χ2v) is 5.72. The quantitative estimate of drug-likeness (QED) is 0.499. The summed E-state index contributed by atoms with van der Waals surface area (Å²) in [6.07, 6.45) is 1.50. The number of ether oxygens (including phenoxy) is 2. The van der Waals surface area contributed by atoms with Crippen LogP contribution in [0.2, 0.25) is 0 Å². The molecule has 0 saturated carbocycles. The van der Waals surface area contributed by atoms with E-state index >= 15 is 0 Å². The summed E-state index contributed by atoms with van der Waals surface area (Å²) in [5.41, 5.74) is 1.17. The fraction of sp³-hybridized carbons (Fsp3) is 0.211. The zero-order chi connectivity index (χ0) is 19.4.